The van der Waals surface area contributed by atoms with Gasteiger partial charge in [0, 0.05) is 29.4 Å². The molecule has 31 heavy (non-hydrogen) atoms. The lowest BCUT2D eigenvalue weighted by Gasteiger charge is -2.43. The number of amides is 2. The lowest BCUT2D eigenvalue weighted by atomic mass is 9.88. The van der Waals surface area contributed by atoms with E-state index in [9.17, 15) is 4.79 Å². The van der Waals surface area contributed by atoms with E-state index in [1.165, 1.54) is 5.57 Å². The first-order chi connectivity index (χ1) is 14.8. The number of carbonyl (C=O) groups excluding carboxylic acids is 1. The molecule has 0 saturated heterocycles. The summed E-state index contributed by atoms with van der Waals surface area (Å²) in [6.45, 7) is 9.54. The average molecular weight is 423 g/mol. The van der Waals surface area contributed by atoms with E-state index in [1.54, 1.807) is 32.6 Å². The number of hydrazone groups is 1. The number of benzene rings is 2. The Morgan fingerprint density at radius 1 is 1.16 bits per heavy atom. The van der Waals surface area contributed by atoms with Crippen LogP contribution in [0.15, 0.2) is 47.6 Å². The topological polar surface area (TPSA) is 75.2 Å². The number of allylic oxidation sites excluding steroid dienone is 1. The van der Waals surface area contributed by atoms with Gasteiger partial charge in [-0.2, -0.15) is 5.10 Å². The second kappa shape index (κ2) is 9.12. The zero-order valence-electron chi connectivity index (χ0n) is 18.9. The Balaban J connectivity index is 1.81. The van der Waals surface area contributed by atoms with Gasteiger partial charge in [-0.25, -0.2) is 10.2 Å². The SMILES string of the molecule is CCN1c2cc(OC)c(/C=N/NC(=O)Nc3ccccc3OC)cc2C(C)=CC1(C)C. The number of nitrogens with one attached hydrogen (secondary N) is 2. The van der Waals surface area contributed by atoms with E-state index in [4.69, 9.17) is 9.47 Å². The van der Waals surface area contributed by atoms with Crippen LogP contribution < -0.4 is 25.1 Å². The summed E-state index contributed by atoms with van der Waals surface area (Å²) in [4.78, 5) is 14.6. The predicted octanol–water partition coefficient (Wildman–Crippen LogP) is 4.88. The third-order valence-electron chi connectivity index (χ3n) is 5.37. The van der Waals surface area contributed by atoms with Crippen LogP contribution in [0.1, 0.15) is 38.8 Å². The first-order valence-electron chi connectivity index (χ1n) is 10.2. The fourth-order valence-electron chi connectivity index (χ4n) is 4.04. The molecule has 7 heteroatoms. The minimum Gasteiger partial charge on any atom is -0.496 e. The Bertz CT molecular complexity index is 1030. The van der Waals surface area contributed by atoms with E-state index in [1.807, 2.05) is 24.3 Å². The molecule has 0 saturated carbocycles. The molecule has 0 bridgehead atoms. The molecule has 0 unspecified atom stereocenters. The van der Waals surface area contributed by atoms with E-state index < -0.39 is 6.03 Å². The molecule has 0 atom stereocenters. The van der Waals surface area contributed by atoms with Crippen LogP contribution in [0.25, 0.3) is 5.57 Å². The molecule has 1 heterocycles. The molecule has 0 aliphatic carbocycles. The van der Waals surface area contributed by atoms with Crippen molar-refractivity contribution >= 4 is 29.2 Å². The first kappa shape index (κ1) is 22.2. The Hall–Kier alpha value is -3.48. The number of methoxy groups -OCH3 is 2. The van der Waals surface area contributed by atoms with Crippen molar-refractivity contribution in [3.63, 3.8) is 0 Å². The molecule has 0 radical (unpaired) electrons. The summed E-state index contributed by atoms with van der Waals surface area (Å²) in [6, 6.07) is 10.8. The van der Waals surface area contributed by atoms with Crippen LogP contribution in [0.4, 0.5) is 16.2 Å². The maximum atomic E-state index is 12.2. The molecule has 1 aliphatic rings. The second-order valence-corrected chi connectivity index (χ2v) is 7.86. The number of ether oxygens (including phenoxy) is 2. The molecule has 0 aromatic heterocycles. The maximum Gasteiger partial charge on any atom is 0.339 e. The van der Waals surface area contributed by atoms with Crippen molar-refractivity contribution in [1.82, 2.24) is 5.43 Å². The van der Waals surface area contributed by atoms with Crippen molar-refractivity contribution in [1.29, 1.82) is 0 Å². The Labute approximate surface area is 183 Å². The van der Waals surface area contributed by atoms with Crippen LogP contribution in [0.3, 0.4) is 0 Å². The lowest BCUT2D eigenvalue weighted by molar-refractivity contribution is 0.252. The number of para-hydroxylation sites is 2. The Kier molecular flexibility index (Phi) is 6.53. The number of nitrogens with zero attached hydrogens (tertiary/aromatic N) is 2. The van der Waals surface area contributed by atoms with Gasteiger partial charge in [-0.3, -0.25) is 0 Å². The zero-order valence-corrected chi connectivity index (χ0v) is 18.9. The van der Waals surface area contributed by atoms with E-state index in [0.29, 0.717) is 17.2 Å². The van der Waals surface area contributed by atoms with Crippen LogP contribution in [0.2, 0.25) is 0 Å². The van der Waals surface area contributed by atoms with Gasteiger partial charge >= 0.3 is 6.03 Å². The summed E-state index contributed by atoms with van der Waals surface area (Å²) >= 11 is 0. The third-order valence-corrected chi connectivity index (χ3v) is 5.37. The van der Waals surface area contributed by atoms with E-state index in [0.717, 1.165) is 23.4 Å². The summed E-state index contributed by atoms with van der Waals surface area (Å²) in [6.07, 6.45) is 3.86. The second-order valence-electron chi connectivity index (χ2n) is 7.86. The fraction of sp³-hybridized carbons (Fsp3) is 0.333. The van der Waals surface area contributed by atoms with E-state index in [2.05, 4.69) is 54.5 Å². The van der Waals surface area contributed by atoms with Crippen LogP contribution in [-0.2, 0) is 0 Å². The molecule has 0 spiro atoms. The molecular weight excluding hydrogens is 392 g/mol. The molecule has 2 aromatic rings. The van der Waals surface area contributed by atoms with Crippen LogP contribution in [-0.4, -0.2) is 38.5 Å². The third kappa shape index (κ3) is 4.66. The largest absolute Gasteiger partial charge is 0.496 e. The van der Waals surface area contributed by atoms with Gasteiger partial charge in [0.25, 0.3) is 0 Å². The van der Waals surface area contributed by atoms with Gasteiger partial charge < -0.3 is 19.7 Å². The number of urea groups is 1. The summed E-state index contributed by atoms with van der Waals surface area (Å²) < 4.78 is 10.8. The molecule has 2 amide bonds. The van der Waals surface area contributed by atoms with Gasteiger partial charge in [-0.15, -0.1) is 0 Å². The quantitative estimate of drug-likeness (QED) is 0.514. The summed E-state index contributed by atoms with van der Waals surface area (Å²) in [5, 5.41) is 6.82. The standard InChI is InChI=1S/C24H30N4O3/c1-7-28-20-13-22(31-6)17(12-18(20)16(2)14-24(28,3)4)15-25-27-23(29)26-19-10-8-9-11-21(19)30-5/h8-15H,7H2,1-6H3,(H2,26,27,29)/b25-15+. The van der Waals surface area contributed by atoms with Crippen LogP contribution >= 0.6 is 0 Å². The van der Waals surface area contributed by atoms with Crippen molar-refractivity contribution in [2.45, 2.75) is 33.2 Å². The van der Waals surface area contributed by atoms with Crippen molar-refractivity contribution in [2.75, 3.05) is 31.0 Å². The normalized spacial score (nSPS) is 14.6. The Morgan fingerprint density at radius 3 is 2.55 bits per heavy atom. The molecule has 2 N–H and O–H groups in total. The highest BCUT2D eigenvalue weighted by Gasteiger charge is 2.31. The molecule has 1 aliphatic heterocycles. The lowest BCUT2D eigenvalue weighted by Crippen LogP contribution is -2.44. The minimum atomic E-state index is -0.465. The molecule has 2 aromatic carbocycles. The van der Waals surface area contributed by atoms with E-state index >= 15 is 0 Å². The average Bonchev–Trinajstić information content (AvgIpc) is 2.73. The van der Waals surface area contributed by atoms with Crippen molar-refractivity contribution in [3.8, 4) is 11.5 Å². The summed E-state index contributed by atoms with van der Waals surface area (Å²) in [5.74, 6) is 1.27. The summed E-state index contributed by atoms with van der Waals surface area (Å²) in [5.41, 5.74) is 7.21. The van der Waals surface area contributed by atoms with Crippen molar-refractivity contribution < 1.29 is 14.3 Å². The highest BCUT2D eigenvalue weighted by molar-refractivity contribution is 5.94. The minimum absolute atomic E-state index is 0.0788. The van der Waals surface area contributed by atoms with E-state index in [-0.39, 0.29) is 5.54 Å². The molecule has 3 rings (SSSR count). The summed E-state index contributed by atoms with van der Waals surface area (Å²) in [7, 11) is 3.18. The predicted molar refractivity (Wildman–Crippen MR) is 126 cm³/mol. The van der Waals surface area contributed by atoms with Gasteiger partial charge in [-0.05, 0) is 51.5 Å². The number of fused-ring (bicyclic) bond motifs is 1. The number of hydrogen-bond donors (Lipinski definition) is 2. The number of hydrogen-bond acceptors (Lipinski definition) is 5. The zero-order chi connectivity index (χ0) is 22.6. The van der Waals surface area contributed by atoms with Crippen molar-refractivity contribution in [2.24, 2.45) is 5.10 Å². The highest BCUT2D eigenvalue weighted by Crippen LogP contribution is 2.41. The van der Waals surface area contributed by atoms with Gasteiger partial charge in [0.05, 0.1) is 31.7 Å². The number of likely N-dealkylation sites (N-methyl/N-ethyl adjacent to an activating group) is 1. The van der Waals surface area contributed by atoms with Crippen molar-refractivity contribution in [3.05, 3.63) is 53.6 Å². The molecular formula is C24H30N4O3. The van der Waals surface area contributed by atoms with Crippen LogP contribution in [0, 0.1) is 0 Å². The molecule has 164 valence electrons. The van der Waals surface area contributed by atoms with Gasteiger partial charge in [-0.1, -0.05) is 18.2 Å². The fourth-order valence-corrected chi connectivity index (χ4v) is 4.04. The maximum absolute atomic E-state index is 12.2. The molecule has 7 nitrogen and oxygen atoms in total. The monoisotopic (exact) mass is 422 g/mol. The smallest absolute Gasteiger partial charge is 0.339 e. The Morgan fingerprint density at radius 2 is 1.87 bits per heavy atom. The molecule has 0 fully saturated rings. The number of anilines is 2. The number of rotatable bonds is 6. The van der Waals surface area contributed by atoms with Gasteiger partial charge in [0.1, 0.15) is 11.5 Å². The first-order valence-corrected chi connectivity index (χ1v) is 10.2. The highest BCUT2D eigenvalue weighted by atomic mass is 16.5. The van der Waals surface area contributed by atoms with Gasteiger partial charge in [0.15, 0.2) is 0 Å². The van der Waals surface area contributed by atoms with Crippen LogP contribution in [0.5, 0.6) is 11.5 Å². The number of carbonyl (C=O) groups is 1. The van der Waals surface area contributed by atoms with Gasteiger partial charge in [0.2, 0.25) is 0 Å².